The van der Waals surface area contributed by atoms with E-state index in [2.05, 4.69) is 10.1 Å². The highest BCUT2D eigenvalue weighted by Crippen LogP contribution is 2.03. The van der Waals surface area contributed by atoms with E-state index in [1.807, 2.05) is 0 Å². The summed E-state index contributed by atoms with van der Waals surface area (Å²) in [5, 5.41) is 19.9. The van der Waals surface area contributed by atoms with Gasteiger partial charge < -0.3 is 19.7 Å². The van der Waals surface area contributed by atoms with Gasteiger partial charge in [0.15, 0.2) is 0 Å². The molecule has 0 aliphatic carbocycles. The molecule has 0 aliphatic rings. The first-order valence-electron chi connectivity index (χ1n) is 6.34. The van der Waals surface area contributed by atoms with Crippen molar-refractivity contribution in [3.05, 3.63) is 0 Å². The minimum Gasteiger partial charge on any atom is -0.481 e. The number of carbonyl (C=O) groups is 4. The zero-order valence-electron chi connectivity index (χ0n) is 11.8. The third-order valence-corrected chi connectivity index (χ3v) is 2.33. The molecule has 0 radical (unpaired) electrons. The van der Waals surface area contributed by atoms with Crippen LogP contribution in [0.2, 0.25) is 0 Å². The molecule has 0 aromatic rings. The molecule has 1 unspecified atom stereocenters. The van der Waals surface area contributed by atoms with Gasteiger partial charge >= 0.3 is 23.9 Å². The van der Waals surface area contributed by atoms with E-state index in [0.717, 1.165) is 0 Å². The minimum absolute atomic E-state index is 0.0382. The van der Waals surface area contributed by atoms with Crippen molar-refractivity contribution in [2.75, 3.05) is 13.2 Å². The van der Waals surface area contributed by atoms with Crippen LogP contribution in [0.1, 0.15) is 26.7 Å². The normalized spacial score (nSPS) is 13.0. The summed E-state index contributed by atoms with van der Waals surface area (Å²) >= 11 is 0. The van der Waals surface area contributed by atoms with Gasteiger partial charge in [0, 0.05) is 0 Å². The summed E-state index contributed by atoms with van der Waals surface area (Å²) in [5.41, 5.74) is 0. The number of aliphatic carboxylic acids is 2. The second kappa shape index (κ2) is 9.70. The second-order valence-corrected chi connectivity index (χ2v) is 3.97. The van der Waals surface area contributed by atoms with E-state index < -0.39 is 48.8 Å². The van der Waals surface area contributed by atoms with Gasteiger partial charge in [-0.1, -0.05) is 0 Å². The molecule has 0 aromatic heterocycles. The molecule has 21 heavy (non-hydrogen) atoms. The molecule has 0 spiro atoms. The highest BCUT2D eigenvalue weighted by Gasteiger charge is 2.30. The summed E-state index contributed by atoms with van der Waals surface area (Å²) in [6.45, 7) is 3.27. The van der Waals surface area contributed by atoms with Gasteiger partial charge in [0.05, 0.1) is 26.1 Å². The maximum Gasteiger partial charge on any atom is 0.323 e. The molecule has 0 aromatic carbocycles. The van der Waals surface area contributed by atoms with E-state index >= 15 is 0 Å². The number of esters is 2. The number of carbonyl (C=O) groups excluding carboxylic acids is 2. The SMILES string of the molecule is CCOC(=O)CC(N[C@@H](CC(=O)O)C(=O)O)C(=O)OCC. The number of hydrogen-bond acceptors (Lipinski definition) is 7. The van der Waals surface area contributed by atoms with Gasteiger partial charge in [-0.15, -0.1) is 0 Å². The molecule has 0 fully saturated rings. The molecule has 0 rings (SSSR count). The fourth-order valence-corrected chi connectivity index (χ4v) is 1.47. The van der Waals surface area contributed by atoms with Crippen LogP contribution in [0.5, 0.6) is 0 Å². The van der Waals surface area contributed by atoms with Crippen LogP contribution < -0.4 is 5.32 Å². The first-order valence-corrected chi connectivity index (χ1v) is 6.34. The zero-order chi connectivity index (χ0) is 16.4. The van der Waals surface area contributed by atoms with Crippen molar-refractivity contribution in [1.82, 2.24) is 5.32 Å². The summed E-state index contributed by atoms with van der Waals surface area (Å²) in [6.07, 6.45) is -1.19. The maximum atomic E-state index is 11.7. The molecule has 9 nitrogen and oxygen atoms in total. The lowest BCUT2D eigenvalue weighted by Crippen LogP contribution is -2.49. The van der Waals surface area contributed by atoms with E-state index in [0.29, 0.717) is 0 Å². The van der Waals surface area contributed by atoms with Crippen molar-refractivity contribution in [3.63, 3.8) is 0 Å². The number of hydrogen-bond donors (Lipinski definition) is 3. The Kier molecular flexibility index (Phi) is 8.70. The van der Waals surface area contributed by atoms with Gasteiger partial charge in [-0.2, -0.15) is 0 Å². The molecule has 0 saturated heterocycles. The van der Waals surface area contributed by atoms with Crippen LogP contribution in [0.4, 0.5) is 0 Å². The monoisotopic (exact) mass is 305 g/mol. The van der Waals surface area contributed by atoms with Crippen molar-refractivity contribution in [1.29, 1.82) is 0 Å². The number of carboxylic acids is 2. The van der Waals surface area contributed by atoms with Gasteiger partial charge in [-0.25, -0.2) is 0 Å². The number of nitrogens with one attached hydrogen (secondary N) is 1. The molecule has 0 bridgehead atoms. The number of carboxylic acid groups (broad SMARTS) is 2. The third kappa shape index (κ3) is 7.88. The number of ether oxygens (including phenoxy) is 2. The second-order valence-electron chi connectivity index (χ2n) is 3.97. The molecule has 3 N–H and O–H groups in total. The predicted molar refractivity (Wildman–Crippen MR) is 68.5 cm³/mol. The Morgan fingerprint density at radius 3 is 1.95 bits per heavy atom. The van der Waals surface area contributed by atoms with Gasteiger partial charge in [0.25, 0.3) is 0 Å². The molecule has 0 heterocycles. The Labute approximate surface area is 121 Å². The molecule has 9 heteroatoms. The van der Waals surface area contributed by atoms with E-state index in [1.165, 1.54) is 0 Å². The lowest BCUT2D eigenvalue weighted by Gasteiger charge is -2.20. The summed E-state index contributed by atoms with van der Waals surface area (Å²) in [4.78, 5) is 44.7. The van der Waals surface area contributed by atoms with Gasteiger partial charge in [0.2, 0.25) is 0 Å². The first kappa shape index (κ1) is 18.8. The maximum absolute atomic E-state index is 11.7. The van der Waals surface area contributed by atoms with Gasteiger partial charge in [-0.05, 0) is 13.8 Å². The van der Waals surface area contributed by atoms with Crippen LogP contribution in [-0.2, 0) is 28.7 Å². The third-order valence-electron chi connectivity index (χ3n) is 2.33. The van der Waals surface area contributed by atoms with E-state index in [-0.39, 0.29) is 13.2 Å². The van der Waals surface area contributed by atoms with Crippen LogP contribution in [-0.4, -0.2) is 59.4 Å². The summed E-state index contributed by atoms with van der Waals surface area (Å²) in [5.74, 6) is -4.37. The molecule has 2 atom stereocenters. The molecular formula is C12H19NO8. The van der Waals surface area contributed by atoms with E-state index in [4.69, 9.17) is 14.9 Å². The smallest absolute Gasteiger partial charge is 0.323 e. The Hall–Kier alpha value is -2.16. The van der Waals surface area contributed by atoms with E-state index in [1.54, 1.807) is 13.8 Å². The van der Waals surface area contributed by atoms with Crippen molar-refractivity contribution < 1.29 is 38.9 Å². The van der Waals surface area contributed by atoms with Crippen LogP contribution >= 0.6 is 0 Å². The molecule has 0 saturated carbocycles. The molecule has 0 amide bonds. The molecule has 0 aliphatic heterocycles. The average Bonchev–Trinajstić information content (AvgIpc) is 2.36. The first-order chi connectivity index (χ1) is 9.81. The van der Waals surface area contributed by atoms with E-state index in [9.17, 15) is 19.2 Å². The Bertz CT molecular complexity index is 395. The topological polar surface area (TPSA) is 139 Å². The van der Waals surface area contributed by atoms with Crippen molar-refractivity contribution in [3.8, 4) is 0 Å². The highest BCUT2D eigenvalue weighted by atomic mass is 16.5. The molecule has 120 valence electrons. The van der Waals surface area contributed by atoms with Crippen LogP contribution in [0.25, 0.3) is 0 Å². The number of rotatable bonds is 10. The van der Waals surface area contributed by atoms with Crippen molar-refractivity contribution in [2.24, 2.45) is 0 Å². The predicted octanol–water partition coefficient (Wildman–Crippen LogP) is -0.611. The van der Waals surface area contributed by atoms with Crippen molar-refractivity contribution in [2.45, 2.75) is 38.8 Å². The highest BCUT2D eigenvalue weighted by molar-refractivity contribution is 5.85. The fourth-order valence-electron chi connectivity index (χ4n) is 1.47. The Morgan fingerprint density at radius 2 is 1.52 bits per heavy atom. The van der Waals surface area contributed by atoms with Gasteiger partial charge in [0.1, 0.15) is 12.1 Å². The molecular weight excluding hydrogens is 286 g/mol. The standard InChI is InChI=1S/C12H19NO8/c1-3-20-10(16)6-8(12(19)21-4-2)13-7(11(17)18)5-9(14)15/h7-8,13H,3-6H2,1-2H3,(H,14,15)(H,17,18)/t7-,8?/m0/s1. The lowest BCUT2D eigenvalue weighted by molar-refractivity contribution is -0.154. The summed E-state index contributed by atoms with van der Waals surface area (Å²) in [6, 6.07) is -2.81. The Morgan fingerprint density at radius 1 is 0.952 bits per heavy atom. The van der Waals surface area contributed by atoms with Crippen LogP contribution in [0.15, 0.2) is 0 Å². The quantitative estimate of drug-likeness (QED) is 0.451. The summed E-state index contributed by atoms with van der Waals surface area (Å²) in [7, 11) is 0. The van der Waals surface area contributed by atoms with Gasteiger partial charge in [-0.3, -0.25) is 24.5 Å². The lowest BCUT2D eigenvalue weighted by atomic mass is 10.1. The van der Waals surface area contributed by atoms with Crippen LogP contribution in [0.3, 0.4) is 0 Å². The Balaban J connectivity index is 4.91. The van der Waals surface area contributed by atoms with Crippen molar-refractivity contribution >= 4 is 23.9 Å². The van der Waals surface area contributed by atoms with Crippen LogP contribution in [0, 0.1) is 0 Å². The largest absolute Gasteiger partial charge is 0.481 e. The minimum atomic E-state index is -1.52. The average molecular weight is 305 g/mol. The zero-order valence-corrected chi connectivity index (χ0v) is 11.8. The summed E-state index contributed by atoms with van der Waals surface area (Å²) < 4.78 is 9.39. The fraction of sp³-hybridized carbons (Fsp3) is 0.667.